The second-order valence-corrected chi connectivity index (χ2v) is 31.5. The van der Waals surface area contributed by atoms with E-state index in [1.807, 2.05) is 0 Å². The zero-order valence-corrected chi connectivity index (χ0v) is 27.7. The molecule has 2 unspecified atom stereocenters. The Balaban J connectivity index is 5.57. The van der Waals surface area contributed by atoms with Crippen LogP contribution >= 0.6 is 0 Å². The summed E-state index contributed by atoms with van der Waals surface area (Å²) in [6.45, 7) is 24.5. The fourth-order valence-electron chi connectivity index (χ4n) is 4.01. The van der Waals surface area contributed by atoms with Gasteiger partial charge in [0.25, 0.3) is 0 Å². The van der Waals surface area contributed by atoms with E-state index in [0.717, 1.165) is 37.8 Å². The highest BCUT2D eigenvalue weighted by Gasteiger charge is 2.48. The van der Waals surface area contributed by atoms with E-state index in [4.69, 9.17) is 31.4 Å². The smallest absolute Gasteiger partial charge is 0.317 e. The van der Waals surface area contributed by atoms with Crippen molar-refractivity contribution >= 4 is 42.3 Å². The Hall–Kier alpha value is 0.804. The van der Waals surface area contributed by atoms with Crippen LogP contribution in [0.25, 0.3) is 0 Å². The minimum atomic E-state index is -2.55. The Bertz CT molecular complexity index is 525. The Morgan fingerprint density at radius 1 is 0.625 bits per heavy atom. The Morgan fingerprint density at radius 2 is 1.12 bits per heavy atom. The SMILES string of the molecule is CCCCC[Si](C)(O[Si](C)(C)O[Si](C)(C)C)O[Si](C)(CCCOCC(O)O)O[Si](C)(C)C. The molecular weight excluding hydrogens is 493 g/mol. The molecule has 0 saturated heterocycles. The molecule has 2 N–H and O–H groups in total. The molecule has 12 heteroatoms. The van der Waals surface area contributed by atoms with Gasteiger partial charge in [0.15, 0.2) is 22.9 Å². The molecule has 0 aromatic heterocycles. The summed E-state index contributed by atoms with van der Waals surface area (Å²) < 4.78 is 32.4. The largest absolute Gasteiger partial charge is 0.437 e. The number of unbranched alkanes of at least 4 members (excludes halogenated alkanes) is 2. The van der Waals surface area contributed by atoms with E-state index in [1.165, 1.54) is 0 Å². The molecule has 0 heterocycles. The van der Waals surface area contributed by atoms with E-state index < -0.39 is 48.6 Å². The van der Waals surface area contributed by atoms with Crippen LogP contribution in [0.5, 0.6) is 0 Å². The number of aliphatic hydroxyl groups is 2. The van der Waals surface area contributed by atoms with Crippen molar-refractivity contribution in [1.29, 1.82) is 0 Å². The summed E-state index contributed by atoms with van der Waals surface area (Å²) in [4.78, 5) is 0. The molecule has 32 heavy (non-hydrogen) atoms. The zero-order chi connectivity index (χ0) is 25.3. The van der Waals surface area contributed by atoms with Crippen LogP contribution in [0, 0.1) is 0 Å². The quantitative estimate of drug-likeness (QED) is 0.134. The summed E-state index contributed by atoms with van der Waals surface area (Å²) in [5.74, 6) is 0. The zero-order valence-electron chi connectivity index (χ0n) is 22.7. The Morgan fingerprint density at radius 3 is 1.59 bits per heavy atom. The number of aliphatic hydroxyl groups excluding tert-OH is 1. The third-order valence-electron chi connectivity index (χ3n) is 4.39. The third kappa shape index (κ3) is 17.3. The molecule has 0 aromatic rings. The van der Waals surface area contributed by atoms with Crippen LogP contribution < -0.4 is 0 Å². The van der Waals surface area contributed by atoms with Crippen molar-refractivity contribution in [2.45, 2.75) is 116 Å². The minimum absolute atomic E-state index is 0.0750. The fraction of sp³-hybridized carbons (Fsp3) is 1.00. The molecule has 0 rings (SSSR count). The molecule has 0 radical (unpaired) electrons. The summed E-state index contributed by atoms with van der Waals surface area (Å²) in [7, 11) is -11.0. The maximum Gasteiger partial charge on any atom is 0.317 e. The molecule has 0 aliphatic carbocycles. The lowest BCUT2D eigenvalue weighted by Gasteiger charge is -2.44. The summed E-state index contributed by atoms with van der Waals surface area (Å²) in [6.07, 6.45) is 2.73. The van der Waals surface area contributed by atoms with E-state index in [9.17, 15) is 0 Å². The van der Waals surface area contributed by atoms with Crippen molar-refractivity contribution in [1.82, 2.24) is 0 Å². The average molecular weight is 545 g/mol. The number of rotatable bonds is 18. The highest BCUT2D eigenvalue weighted by Crippen LogP contribution is 2.32. The van der Waals surface area contributed by atoms with Crippen LogP contribution in [0.2, 0.25) is 77.6 Å². The van der Waals surface area contributed by atoms with Crippen molar-refractivity contribution in [3.8, 4) is 0 Å². The van der Waals surface area contributed by atoms with E-state index in [2.05, 4.69) is 72.4 Å². The van der Waals surface area contributed by atoms with Crippen LogP contribution in [-0.4, -0.2) is 72.0 Å². The molecule has 0 aliphatic heterocycles. The number of hydrogen-bond acceptors (Lipinski definition) is 7. The summed E-state index contributed by atoms with van der Waals surface area (Å²) in [5, 5.41) is 18.0. The lowest BCUT2D eigenvalue weighted by molar-refractivity contribution is -0.0945. The van der Waals surface area contributed by atoms with Gasteiger partial charge in [-0.3, -0.25) is 0 Å². The summed E-state index contributed by atoms with van der Waals surface area (Å²) in [5.41, 5.74) is 0. The van der Waals surface area contributed by atoms with E-state index in [1.54, 1.807) is 0 Å². The lowest BCUT2D eigenvalue weighted by atomic mass is 10.3. The van der Waals surface area contributed by atoms with Crippen LogP contribution in [-0.2, 0) is 21.2 Å². The van der Waals surface area contributed by atoms with E-state index in [0.29, 0.717) is 6.61 Å². The van der Waals surface area contributed by atoms with Crippen LogP contribution in [0.1, 0.15) is 32.6 Å². The van der Waals surface area contributed by atoms with Crippen molar-refractivity contribution in [3.05, 3.63) is 0 Å². The second-order valence-electron chi connectivity index (χ2n) is 11.4. The monoisotopic (exact) mass is 544 g/mol. The fourth-order valence-corrected chi connectivity index (χ4v) is 27.8. The average Bonchev–Trinajstić information content (AvgIpc) is 2.48. The number of hydrogen-bond donors (Lipinski definition) is 2. The Kier molecular flexibility index (Phi) is 14.1. The van der Waals surface area contributed by atoms with E-state index in [-0.39, 0.29) is 6.61 Å². The highest BCUT2D eigenvalue weighted by atomic mass is 28.5. The van der Waals surface area contributed by atoms with Gasteiger partial charge in [-0.25, -0.2) is 0 Å². The summed E-state index contributed by atoms with van der Waals surface area (Å²) >= 11 is 0. The van der Waals surface area contributed by atoms with Gasteiger partial charge in [-0.1, -0.05) is 26.2 Å². The standard InChI is InChI=1S/C20H52O7Si5/c1-12-13-14-17-32(11,26-30(8,9)24-28(2,3)4)27-31(10,25-29(5,6)7)18-15-16-23-19-20(21)22/h20-22H,12-19H2,1-11H3. The molecule has 0 bridgehead atoms. The van der Waals surface area contributed by atoms with Gasteiger partial charge in [-0.2, -0.15) is 0 Å². The van der Waals surface area contributed by atoms with Crippen LogP contribution in [0.4, 0.5) is 0 Å². The number of ether oxygens (including phenoxy) is 1. The first-order chi connectivity index (χ1) is 14.3. The normalized spacial score (nSPS) is 17.4. The van der Waals surface area contributed by atoms with Gasteiger partial charge in [0.2, 0.25) is 0 Å². The van der Waals surface area contributed by atoms with Gasteiger partial charge >= 0.3 is 25.7 Å². The van der Waals surface area contributed by atoms with Gasteiger partial charge in [0.1, 0.15) is 0 Å². The lowest BCUT2D eigenvalue weighted by Crippen LogP contribution is -2.60. The van der Waals surface area contributed by atoms with Crippen LogP contribution in [0.15, 0.2) is 0 Å². The van der Waals surface area contributed by atoms with Gasteiger partial charge in [-0.15, -0.1) is 0 Å². The first kappa shape index (κ1) is 32.8. The Labute approximate surface area is 203 Å². The molecule has 0 amide bonds. The highest BCUT2D eigenvalue weighted by molar-refractivity contribution is 6.90. The molecule has 0 aromatic carbocycles. The maximum absolute atomic E-state index is 8.99. The van der Waals surface area contributed by atoms with Gasteiger partial charge in [0.05, 0.1) is 6.61 Å². The molecule has 7 nitrogen and oxygen atoms in total. The summed E-state index contributed by atoms with van der Waals surface area (Å²) in [6, 6.07) is 1.73. The predicted octanol–water partition coefficient (Wildman–Crippen LogP) is 5.48. The molecule has 2 atom stereocenters. The van der Waals surface area contributed by atoms with Crippen molar-refractivity contribution in [2.75, 3.05) is 13.2 Å². The third-order valence-corrected chi connectivity index (χ3v) is 22.7. The van der Waals surface area contributed by atoms with Gasteiger partial charge in [0, 0.05) is 6.61 Å². The van der Waals surface area contributed by atoms with Crippen molar-refractivity contribution in [2.24, 2.45) is 0 Å². The maximum atomic E-state index is 8.99. The minimum Gasteiger partial charge on any atom is -0.437 e. The molecule has 0 fully saturated rings. The second kappa shape index (κ2) is 13.8. The molecular formula is C20H52O7Si5. The van der Waals surface area contributed by atoms with Gasteiger partial charge in [-0.05, 0) is 84.0 Å². The molecule has 0 spiro atoms. The topological polar surface area (TPSA) is 86.6 Å². The van der Waals surface area contributed by atoms with E-state index >= 15 is 0 Å². The first-order valence-corrected chi connectivity index (χ1v) is 26.7. The van der Waals surface area contributed by atoms with Crippen molar-refractivity contribution in [3.63, 3.8) is 0 Å². The molecule has 0 aliphatic rings. The molecule has 194 valence electrons. The van der Waals surface area contributed by atoms with Gasteiger partial charge < -0.3 is 31.4 Å². The predicted molar refractivity (Wildman–Crippen MR) is 145 cm³/mol. The first-order valence-electron chi connectivity index (χ1n) is 12.0. The molecule has 0 saturated carbocycles. The van der Waals surface area contributed by atoms with Crippen LogP contribution in [0.3, 0.4) is 0 Å². The van der Waals surface area contributed by atoms with Crippen molar-refractivity contribution < 1.29 is 31.4 Å².